The molecule has 0 radical (unpaired) electrons. The highest BCUT2D eigenvalue weighted by molar-refractivity contribution is 5.30. The Morgan fingerprint density at radius 2 is 2.22 bits per heavy atom. The normalized spacial score (nSPS) is 12.4. The Kier molecular flexibility index (Phi) is 3.99. The van der Waals surface area contributed by atoms with E-state index >= 15 is 0 Å². The van der Waals surface area contributed by atoms with Crippen LogP contribution in [0, 0.1) is 5.82 Å². The molecule has 1 N–H and O–H groups in total. The molecule has 4 heteroatoms. The number of rotatable bonds is 5. The maximum absolute atomic E-state index is 13.6. The maximum Gasteiger partial charge on any atom is 0.165 e. The van der Waals surface area contributed by atoms with E-state index in [1.165, 1.54) is 13.2 Å². The second kappa shape index (κ2) is 5.69. The first-order valence-electron chi connectivity index (χ1n) is 5.78. The molecule has 1 unspecified atom stereocenters. The minimum atomic E-state index is -0.341. The molecular weight excluding hydrogens is 233 g/mol. The van der Waals surface area contributed by atoms with E-state index in [0.717, 1.165) is 11.1 Å². The summed E-state index contributed by atoms with van der Waals surface area (Å²) in [5, 5.41) is 3.30. The van der Waals surface area contributed by atoms with Crippen molar-refractivity contribution in [3.63, 3.8) is 0 Å². The largest absolute Gasteiger partial charge is 0.494 e. The molecule has 2 aromatic rings. The third kappa shape index (κ3) is 2.90. The lowest BCUT2D eigenvalue weighted by Gasteiger charge is -2.14. The van der Waals surface area contributed by atoms with Gasteiger partial charge in [0, 0.05) is 18.2 Å². The molecule has 0 fully saturated rings. The monoisotopic (exact) mass is 249 g/mol. The van der Waals surface area contributed by atoms with Crippen LogP contribution in [0.1, 0.15) is 24.1 Å². The molecule has 0 aliphatic rings. The third-order valence-electron chi connectivity index (χ3n) is 2.87. The molecule has 96 valence electrons. The standard InChI is InChI=1S/C14H16FNO2/c1-10(16-8-11-5-6-18-9-11)12-3-4-14(17-2)13(15)7-12/h3-7,9-10,16H,8H2,1-2H3. The Balaban J connectivity index is 2.00. The number of hydrogen-bond acceptors (Lipinski definition) is 3. The number of hydrogen-bond donors (Lipinski definition) is 1. The summed E-state index contributed by atoms with van der Waals surface area (Å²) in [5.74, 6) is -0.0762. The van der Waals surface area contributed by atoms with E-state index in [4.69, 9.17) is 9.15 Å². The van der Waals surface area contributed by atoms with E-state index in [-0.39, 0.29) is 17.6 Å². The molecule has 0 bridgehead atoms. The summed E-state index contributed by atoms with van der Waals surface area (Å²) in [7, 11) is 1.46. The summed E-state index contributed by atoms with van der Waals surface area (Å²) in [4.78, 5) is 0. The summed E-state index contributed by atoms with van der Waals surface area (Å²) >= 11 is 0. The van der Waals surface area contributed by atoms with Gasteiger partial charge in [0.15, 0.2) is 11.6 Å². The SMILES string of the molecule is COc1ccc(C(C)NCc2ccoc2)cc1F. The molecule has 3 nitrogen and oxygen atoms in total. The zero-order valence-electron chi connectivity index (χ0n) is 10.4. The maximum atomic E-state index is 13.6. The lowest BCUT2D eigenvalue weighted by atomic mass is 10.1. The predicted molar refractivity (Wildman–Crippen MR) is 66.9 cm³/mol. The van der Waals surface area contributed by atoms with Crippen molar-refractivity contribution in [2.24, 2.45) is 0 Å². The Hall–Kier alpha value is -1.81. The first-order chi connectivity index (χ1) is 8.70. The molecule has 1 atom stereocenters. The molecular formula is C14H16FNO2. The summed E-state index contributed by atoms with van der Waals surface area (Å²) in [6, 6.07) is 6.94. The van der Waals surface area contributed by atoms with Gasteiger partial charge in [-0.2, -0.15) is 0 Å². The van der Waals surface area contributed by atoms with Crippen molar-refractivity contribution in [1.82, 2.24) is 5.32 Å². The summed E-state index contributed by atoms with van der Waals surface area (Å²) in [5.41, 5.74) is 1.95. The fraction of sp³-hybridized carbons (Fsp3) is 0.286. The molecule has 0 amide bonds. The minimum absolute atomic E-state index is 0.0558. The van der Waals surface area contributed by atoms with Crippen LogP contribution in [0.15, 0.2) is 41.2 Å². The van der Waals surface area contributed by atoms with E-state index in [1.807, 2.05) is 19.1 Å². The quantitative estimate of drug-likeness (QED) is 0.883. The van der Waals surface area contributed by atoms with Crippen LogP contribution in [0.4, 0.5) is 4.39 Å². The van der Waals surface area contributed by atoms with E-state index in [9.17, 15) is 4.39 Å². The van der Waals surface area contributed by atoms with Crippen molar-refractivity contribution in [3.05, 3.63) is 53.7 Å². The van der Waals surface area contributed by atoms with Crippen LogP contribution in [0.2, 0.25) is 0 Å². The minimum Gasteiger partial charge on any atom is -0.494 e. The fourth-order valence-corrected chi connectivity index (χ4v) is 1.73. The van der Waals surface area contributed by atoms with Gasteiger partial charge in [-0.3, -0.25) is 0 Å². The smallest absolute Gasteiger partial charge is 0.165 e. The number of methoxy groups -OCH3 is 1. The predicted octanol–water partition coefficient (Wildman–Crippen LogP) is 3.28. The average molecular weight is 249 g/mol. The third-order valence-corrected chi connectivity index (χ3v) is 2.87. The molecule has 18 heavy (non-hydrogen) atoms. The number of benzene rings is 1. The Morgan fingerprint density at radius 1 is 1.39 bits per heavy atom. The summed E-state index contributed by atoms with van der Waals surface area (Å²) in [6.45, 7) is 2.67. The van der Waals surface area contributed by atoms with Gasteiger partial charge in [-0.1, -0.05) is 6.07 Å². The van der Waals surface area contributed by atoms with Gasteiger partial charge in [0.2, 0.25) is 0 Å². The van der Waals surface area contributed by atoms with Crippen molar-refractivity contribution in [3.8, 4) is 5.75 Å². The van der Waals surface area contributed by atoms with Crippen LogP contribution in [-0.2, 0) is 6.54 Å². The van der Waals surface area contributed by atoms with Gasteiger partial charge in [-0.25, -0.2) is 4.39 Å². The number of nitrogens with one attached hydrogen (secondary N) is 1. The van der Waals surface area contributed by atoms with Gasteiger partial charge in [0.05, 0.1) is 19.6 Å². The fourth-order valence-electron chi connectivity index (χ4n) is 1.73. The zero-order chi connectivity index (χ0) is 13.0. The van der Waals surface area contributed by atoms with Crippen molar-refractivity contribution in [2.45, 2.75) is 19.5 Å². The second-order valence-corrected chi connectivity index (χ2v) is 4.13. The Labute approximate surface area is 106 Å². The van der Waals surface area contributed by atoms with Crippen LogP contribution in [0.5, 0.6) is 5.75 Å². The van der Waals surface area contributed by atoms with Crippen LogP contribution >= 0.6 is 0 Å². The van der Waals surface area contributed by atoms with Crippen LogP contribution < -0.4 is 10.1 Å². The highest BCUT2D eigenvalue weighted by Crippen LogP contribution is 2.21. The highest BCUT2D eigenvalue weighted by atomic mass is 19.1. The van der Waals surface area contributed by atoms with Crippen molar-refractivity contribution < 1.29 is 13.5 Å². The average Bonchev–Trinajstić information content (AvgIpc) is 2.89. The molecule has 0 aliphatic heterocycles. The summed E-state index contributed by atoms with van der Waals surface area (Å²) in [6.07, 6.45) is 3.32. The lowest BCUT2D eigenvalue weighted by molar-refractivity contribution is 0.385. The second-order valence-electron chi connectivity index (χ2n) is 4.13. The molecule has 1 aromatic carbocycles. The van der Waals surface area contributed by atoms with Crippen LogP contribution in [0.25, 0.3) is 0 Å². The van der Waals surface area contributed by atoms with E-state index < -0.39 is 0 Å². The summed E-state index contributed by atoms with van der Waals surface area (Å²) < 4.78 is 23.4. The topological polar surface area (TPSA) is 34.4 Å². The van der Waals surface area contributed by atoms with Gasteiger partial charge in [-0.15, -0.1) is 0 Å². The molecule has 0 spiro atoms. The van der Waals surface area contributed by atoms with Crippen LogP contribution in [0.3, 0.4) is 0 Å². The number of ether oxygens (including phenoxy) is 1. The van der Waals surface area contributed by atoms with Gasteiger partial charge in [0.25, 0.3) is 0 Å². The van der Waals surface area contributed by atoms with Crippen molar-refractivity contribution >= 4 is 0 Å². The molecule has 1 heterocycles. The molecule has 2 rings (SSSR count). The lowest BCUT2D eigenvalue weighted by Crippen LogP contribution is -2.17. The van der Waals surface area contributed by atoms with E-state index in [1.54, 1.807) is 18.6 Å². The van der Waals surface area contributed by atoms with Crippen molar-refractivity contribution in [1.29, 1.82) is 0 Å². The number of halogens is 1. The Bertz CT molecular complexity index is 497. The molecule has 0 saturated carbocycles. The van der Waals surface area contributed by atoms with Crippen molar-refractivity contribution in [2.75, 3.05) is 7.11 Å². The zero-order valence-corrected chi connectivity index (χ0v) is 10.4. The molecule has 0 saturated heterocycles. The number of furan rings is 1. The highest BCUT2D eigenvalue weighted by Gasteiger charge is 2.09. The van der Waals surface area contributed by atoms with E-state index in [0.29, 0.717) is 6.54 Å². The van der Waals surface area contributed by atoms with Gasteiger partial charge < -0.3 is 14.5 Å². The van der Waals surface area contributed by atoms with Gasteiger partial charge >= 0.3 is 0 Å². The molecule has 0 aliphatic carbocycles. The van der Waals surface area contributed by atoms with E-state index in [2.05, 4.69) is 5.32 Å². The Morgan fingerprint density at radius 3 is 2.83 bits per heavy atom. The first-order valence-corrected chi connectivity index (χ1v) is 5.78. The van der Waals surface area contributed by atoms with Gasteiger partial charge in [-0.05, 0) is 30.7 Å². The molecule has 1 aromatic heterocycles. The van der Waals surface area contributed by atoms with Crippen LogP contribution in [-0.4, -0.2) is 7.11 Å². The first kappa shape index (κ1) is 12.6. The van der Waals surface area contributed by atoms with Gasteiger partial charge in [0.1, 0.15) is 0 Å².